The zero-order valence-electron chi connectivity index (χ0n) is 18.0. The molecule has 1 amide bonds. The molecule has 4 rings (SSSR count). The maximum Gasteiger partial charge on any atom is 0.224 e. The van der Waals surface area contributed by atoms with E-state index in [1.54, 1.807) is 4.31 Å². The Morgan fingerprint density at radius 3 is 2.61 bits per heavy atom. The van der Waals surface area contributed by atoms with E-state index in [2.05, 4.69) is 17.4 Å². The fourth-order valence-electron chi connectivity index (χ4n) is 4.83. The van der Waals surface area contributed by atoms with Gasteiger partial charge in [0.25, 0.3) is 0 Å². The summed E-state index contributed by atoms with van der Waals surface area (Å²) in [6.07, 6.45) is 5.89. The molecule has 0 saturated carbocycles. The lowest BCUT2D eigenvalue weighted by molar-refractivity contribution is -0.127. The second-order valence-electron chi connectivity index (χ2n) is 8.75. The van der Waals surface area contributed by atoms with Gasteiger partial charge in [0, 0.05) is 13.1 Å². The van der Waals surface area contributed by atoms with Crippen LogP contribution in [-0.2, 0) is 27.7 Å². The molecule has 6 heteroatoms. The van der Waals surface area contributed by atoms with E-state index in [0.717, 1.165) is 44.1 Å². The number of fused-ring (bicyclic) bond motifs is 1. The van der Waals surface area contributed by atoms with Gasteiger partial charge < -0.3 is 5.32 Å². The molecule has 166 valence electrons. The average molecular weight is 441 g/mol. The number of carbonyl (C=O) groups is 1. The van der Waals surface area contributed by atoms with Crippen molar-refractivity contribution < 1.29 is 13.2 Å². The second-order valence-corrected chi connectivity index (χ2v) is 10.8. The summed E-state index contributed by atoms with van der Waals surface area (Å²) in [4.78, 5) is 13.0. The minimum Gasteiger partial charge on any atom is -0.349 e. The van der Waals surface area contributed by atoms with Gasteiger partial charge in [-0.25, -0.2) is 12.7 Å². The summed E-state index contributed by atoms with van der Waals surface area (Å²) >= 11 is 0. The maximum absolute atomic E-state index is 13.0. The van der Waals surface area contributed by atoms with Crippen LogP contribution in [0.2, 0.25) is 0 Å². The molecular formula is C25H32N2O3S. The average Bonchev–Trinajstić information content (AvgIpc) is 2.80. The Morgan fingerprint density at radius 1 is 1.00 bits per heavy atom. The number of benzene rings is 2. The van der Waals surface area contributed by atoms with Gasteiger partial charge in [-0.3, -0.25) is 4.79 Å². The minimum absolute atomic E-state index is 0.00844. The van der Waals surface area contributed by atoms with Crippen LogP contribution < -0.4 is 5.32 Å². The second kappa shape index (κ2) is 9.96. The number of aryl methyl sites for hydroxylation is 2. The van der Waals surface area contributed by atoms with Crippen LogP contribution in [0.25, 0.3) is 0 Å². The largest absolute Gasteiger partial charge is 0.349 e. The number of rotatable bonds is 7. The molecule has 1 fully saturated rings. The third kappa shape index (κ3) is 5.55. The van der Waals surface area contributed by atoms with Crippen LogP contribution in [0.3, 0.4) is 0 Å². The van der Waals surface area contributed by atoms with E-state index in [4.69, 9.17) is 0 Å². The number of carbonyl (C=O) groups excluding carboxylic acids is 1. The summed E-state index contributed by atoms with van der Waals surface area (Å²) in [5, 5.41) is 3.22. The predicted molar refractivity (Wildman–Crippen MR) is 123 cm³/mol. The van der Waals surface area contributed by atoms with Crippen molar-refractivity contribution in [3.05, 3.63) is 71.3 Å². The maximum atomic E-state index is 13.0. The Balaban J connectivity index is 1.33. The SMILES string of the molecule is O=C(N[C@@H]1CCCc2ccccc21)[C@H]1CCCN(S(=O)(=O)CCCc2ccccc2)C1. The normalized spacial score (nSPS) is 21.9. The third-order valence-corrected chi connectivity index (χ3v) is 8.47. The van der Waals surface area contributed by atoms with E-state index in [1.807, 2.05) is 42.5 Å². The molecule has 1 saturated heterocycles. The first-order valence-electron chi connectivity index (χ1n) is 11.4. The summed E-state index contributed by atoms with van der Waals surface area (Å²) < 4.78 is 27.3. The number of piperidine rings is 1. The Hall–Kier alpha value is -2.18. The Labute approximate surface area is 185 Å². The zero-order chi connectivity index (χ0) is 21.7. The standard InChI is InChI=1S/C25H32N2O3S/c28-25(26-24-16-6-13-21-12-4-5-15-23(21)24)22-14-7-17-27(19-22)31(29,30)18-8-11-20-9-2-1-3-10-20/h1-5,9-10,12,15,22,24H,6-8,11,13-14,16-19H2,(H,26,28)/t22-,24+/m0/s1. The van der Waals surface area contributed by atoms with Crippen molar-refractivity contribution in [1.82, 2.24) is 9.62 Å². The van der Waals surface area contributed by atoms with Crippen LogP contribution in [0, 0.1) is 5.92 Å². The van der Waals surface area contributed by atoms with Gasteiger partial charge in [-0.2, -0.15) is 0 Å². The van der Waals surface area contributed by atoms with Crippen molar-refractivity contribution in [2.45, 2.75) is 51.0 Å². The molecule has 1 N–H and O–H groups in total. The molecule has 0 bridgehead atoms. The first kappa shape index (κ1) is 22.0. The molecule has 1 heterocycles. The molecule has 1 aliphatic heterocycles. The van der Waals surface area contributed by atoms with Gasteiger partial charge in [0.2, 0.25) is 15.9 Å². The number of hydrogen-bond donors (Lipinski definition) is 1. The molecule has 0 radical (unpaired) electrons. The number of amides is 1. The first-order chi connectivity index (χ1) is 15.0. The minimum atomic E-state index is -3.35. The number of nitrogens with zero attached hydrogens (tertiary/aromatic N) is 1. The lowest BCUT2D eigenvalue weighted by atomic mass is 9.87. The lowest BCUT2D eigenvalue weighted by Gasteiger charge is -2.33. The zero-order valence-corrected chi connectivity index (χ0v) is 18.8. The smallest absolute Gasteiger partial charge is 0.224 e. The highest BCUT2D eigenvalue weighted by molar-refractivity contribution is 7.89. The number of nitrogens with one attached hydrogen (secondary N) is 1. The van der Waals surface area contributed by atoms with E-state index in [-0.39, 0.29) is 23.6 Å². The first-order valence-corrected chi connectivity index (χ1v) is 13.0. The quantitative estimate of drug-likeness (QED) is 0.711. The monoisotopic (exact) mass is 440 g/mol. The van der Waals surface area contributed by atoms with Gasteiger partial charge in [0.15, 0.2) is 0 Å². The van der Waals surface area contributed by atoms with Gasteiger partial charge in [0.05, 0.1) is 17.7 Å². The summed E-state index contributed by atoms with van der Waals surface area (Å²) in [6, 6.07) is 18.3. The van der Waals surface area contributed by atoms with Crippen molar-refractivity contribution in [2.24, 2.45) is 5.92 Å². The Bertz CT molecular complexity index is 991. The van der Waals surface area contributed by atoms with Gasteiger partial charge in [-0.1, -0.05) is 54.6 Å². The molecule has 0 unspecified atom stereocenters. The van der Waals surface area contributed by atoms with Gasteiger partial charge in [0.1, 0.15) is 0 Å². The predicted octanol–water partition coefficient (Wildman–Crippen LogP) is 3.85. The molecule has 2 aromatic carbocycles. The van der Waals surface area contributed by atoms with Crippen LogP contribution in [-0.4, -0.2) is 37.5 Å². The van der Waals surface area contributed by atoms with Crippen molar-refractivity contribution in [3.8, 4) is 0 Å². The van der Waals surface area contributed by atoms with Crippen molar-refractivity contribution >= 4 is 15.9 Å². The van der Waals surface area contributed by atoms with Crippen LogP contribution in [0.15, 0.2) is 54.6 Å². The number of sulfonamides is 1. The highest BCUT2D eigenvalue weighted by atomic mass is 32.2. The molecule has 0 spiro atoms. The van der Waals surface area contributed by atoms with Crippen molar-refractivity contribution in [3.63, 3.8) is 0 Å². The van der Waals surface area contributed by atoms with Crippen LogP contribution in [0.1, 0.15) is 54.8 Å². The van der Waals surface area contributed by atoms with E-state index >= 15 is 0 Å². The van der Waals surface area contributed by atoms with E-state index in [9.17, 15) is 13.2 Å². The van der Waals surface area contributed by atoms with E-state index in [0.29, 0.717) is 19.5 Å². The molecule has 2 atom stereocenters. The molecule has 1 aliphatic carbocycles. The van der Waals surface area contributed by atoms with Crippen molar-refractivity contribution in [1.29, 1.82) is 0 Å². The van der Waals surface area contributed by atoms with Crippen LogP contribution in [0.4, 0.5) is 0 Å². The summed E-state index contributed by atoms with van der Waals surface area (Å²) in [6.45, 7) is 0.817. The Morgan fingerprint density at radius 2 is 1.77 bits per heavy atom. The molecule has 2 aliphatic rings. The Kier molecular flexibility index (Phi) is 7.08. The summed E-state index contributed by atoms with van der Waals surface area (Å²) in [5.41, 5.74) is 3.68. The van der Waals surface area contributed by atoms with Crippen LogP contribution in [0.5, 0.6) is 0 Å². The number of hydrogen-bond acceptors (Lipinski definition) is 3. The molecule has 2 aromatic rings. The van der Waals surface area contributed by atoms with Crippen molar-refractivity contribution in [2.75, 3.05) is 18.8 Å². The van der Waals surface area contributed by atoms with E-state index < -0.39 is 10.0 Å². The van der Waals surface area contributed by atoms with Crippen LogP contribution >= 0.6 is 0 Å². The van der Waals surface area contributed by atoms with Gasteiger partial charge >= 0.3 is 0 Å². The topological polar surface area (TPSA) is 66.5 Å². The fraction of sp³-hybridized carbons (Fsp3) is 0.480. The van der Waals surface area contributed by atoms with Gasteiger partial charge in [-0.15, -0.1) is 0 Å². The molecule has 31 heavy (non-hydrogen) atoms. The highest BCUT2D eigenvalue weighted by Gasteiger charge is 2.33. The molecule has 5 nitrogen and oxygen atoms in total. The molecular weight excluding hydrogens is 408 g/mol. The van der Waals surface area contributed by atoms with Gasteiger partial charge in [-0.05, 0) is 61.6 Å². The lowest BCUT2D eigenvalue weighted by Crippen LogP contribution is -2.47. The highest BCUT2D eigenvalue weighted by Crippen LogP contribution is 2.30. The fourth-order valence-corrected chi connectivity index (χ4v) is 6.42. The van der Waals surface area contributed by atoms with E-state index in [1.165, 1.54) is 11.1 Å². The third-order valence-electron chi connectivity index (χ3n) is 6.54. The summed E-state index contributed by atoms with van der Waals surface area (Å²) in [7, 11) is -3.35. The summed E-state index contributed by atoms with van der Waals surface area (Å²) in [5.74, 6) is -0.149. The molecule has 0 aromatic heterocycles.